The Morgan fingerprint density at radius 2 is 2.09 bits per heavy atom. The largest absolute Gasteiger partial charge is 0.616 e. The summed E-state index contributed by atoms with van der Waals surface area (Å²) < 4.78 is 34.6. The summed E-state index contributed by atoms with van der Waals surface area (Å²) in [5, 5.41) is 12.3. The van der Waals surface area contributed by atoms with Crippen LogP contribution in [0.5, 0.6) is 0 Å². The second kappa shape index (κ2) is 6.62. The molecule has 0 aromatic carbocycles. The lowest BCUT2D eigenvalue weighted by atomic mass is 9.94. The van der Waals surface area contributed by atoms with Gasteiger partial charge in [-0.15, -0.1) is 11.3 Å². The highest BCUT2D eigenvalue weighted by atomic mass is 79.9. The number of allylic oxidation sites excluding steroid dienone is 2. The number of sulfonamides is 1. The zero-order chi connectivity index (χ0) is 16.6. The molecule has 5 nitrogen and oxygen atoms in total. The van der Waals surface area contributed by atoms with E-state index in [-0.39, 0.29) is 9.25 Å². The van der Waals surface area contributed by atoms with Gasteiger partial charge in [-0.05, 0) is 71.3 Å². The van der Waals surface area contributed by atoms with Crippen LogP contribution in [0.4, 0.5) is 0 Å². The van der Waals surface area contributed by atoms with Crippen LogP contribution < -0.4 is 5.11 Å². The minimum atomic E-state index is -3.84. The molecule has 9 heteroatoms. The third kappa shape index (κ3) is 3.38. The lowest BCUT2D eigenvalue weighted by Gasteiger charge is -2.17. The molecule has 2 aliphatic rings. The van der Waals surface area contributed by atoms with Gasteiger partial charge in [-0.25, -0.2) is 0 Å². The summed E-state index contributed by atoms with van der Waals surface area (Å²) in [6.45, 7) is 0. The Bertz CT molecular complexity index is 836. The number of thioether (sulfide) groups is 1. The van der Waals surface area contributed by atoms with E-state index in [1.54, 1.807) is 6.07 Å². The van der Waals surface area contributed by atoms with Gasteiger partial charge in [-0.2, -0.15) is 12.8 Å². The molecule has 3 rings (SSSR count). The van der Waals surface area contributed by atoms with Crippen molar-refractivity contribution in [2.45, 2.75) is 29.9 Å². The molecule has 0 atom stereocenters. The van der Waals surface area contributed by atoms with Crippen LogP contribution >= 0.6 is 39.0 Å². The Labute approximate surface area is 151 Å². The molecule has 0 unspecified atom stereocenters. The quantitative estimate of drug-likeness (QED) is 0.681. The van der Waals surface area contributed by atoms with Crippen molar-refractivity contribution >= 4 is 54.1 Å². The minimum absolute atomic E-state index is 0.145. The van der Waals surface area contributed by atoms with Crippen molar-refractivity contribution < 1.29 is 18.3 Å². The van der Waals surface area contributed by atoms with Crippen LogP contribution in [0.25, 0.3) is 0 Å². The molecule has 2 heterocycles. The molecular weight excluding hydrogens is 422 g/mol. The Hall–Kier alpha value is -0.770. The molecule has 0 N–H and O–H groups in total. The molecule has 0 bridgehead atoms. The SMILES string of the molecule is COC([O-])=C1C(=NS(=O)(=O)c2ccc(Br)s2)SC2=C1CCCC2. The van der Waals surface area contributed by atoms with Gasteiger partial charge in [-0.1, -0.05) is 11.8 Å². The highest BCUT2D eigenvalue weighted by Crippen LogP contribution is 2.47. The number of hydrogen-bond acceptors (Lipinski definition) is 6. The van der Waals surface area contributed by atoms with Crippen LogP contribution in [0.2, 0.25) is 0 Å². The first kappa shape index (κ1) is 17.1. The first-order valence-corrected chi connectivity index (χ1v) is 10.7. The van der Waals surface area contributed by atoms with E-state index in [0.29, 0.717) is 9.36 Å². The third-order valence-corrected chi connectivity index (χ3v) is 8.22. The summed E-state index contributed by atoms with van der Waals surface area (Å²) in [4.78, 5) is 1.04. The normalized spacial score (nSPS) is 22.4. The van der Waals surface area contributed by atoms with Crippen molar-refractivity contribution in [3.8, 4) is 0 Å². The maximum atomic E-state index is 12.5. The van der Waals surface area contributed by atoms with Gasteiger partial charge in [0.1, 0.15) is 9.25 Å². The number of ether oxygens (including phenoxy) is 1. The maximum Gasteiger partial charge on any atom is 0.292 e. The first-order valence-electron chi connectivity index (χ1n) is 6.88. The van der Waals surface area contributed by atoms with Gasteiger partial charge in [0.25, 0.3) is 10.0 Å². The first-order chi connectivity index (χ1) is 10.9. The Kier molecular flexibility index (Phi) is 4.91. The zero-order valence-corrected chi connectivity index (χ0v) is 16.2. The number of rotatable bonds is 3. The van der Waals surface area contributed by atoms with Crippen molar-refractivity contribution in [2.75, 3.05) is 7.11 Å². The van der Waals surface area contributed by atoms with Crippen molar-refractivity contribution in [3.63, 3.8) is 0 Å². The lowest BCUT2D eigenvalue weighted by molar-refractivity contribution is -0.354. The Balaban J connectivity index is 2.06. The van der Waals surface area contributed by atoms with Crippen LogP contribution in [0.3, 0.4) is 0 Å². The molecule has 0 fully saturated rings. The van der Waals surface area contributed by atoms with E-state index in [2.05, 4.69) is 20.3 Å². The van der Waals surface area contributed by atoms with Crippen LogP contribution in [-0.4, -0.2) is 20.6 Å². The van der Waals surface area contributed by atoms with E-state index in [4.69, 9.17) is 4.74 Å². The average Bonchev–Trinajstić information content (AvgIpc) is 3.09. The lowest BCUT2D eigenvalue weighted by Crippen LogP contribution is -2.14. The minimum Gasteiger partial charge on any atom is -0.616 e. The second-order valence-corrected chi connectivity index (χ2v) is 10.4. The van der Waals surface area contributed by atoms with Crippen molar-refractivity contribution in [1.29, 1.82) is 0 Å². The van der Waals surface area contributed by atoms with E-state index < -0.39 is 16.0 Å². The molecule has 1 aliphatic heterocycles. The fourth-order valence-corrected chi connectivity index (χ4v) is 6.96. The van der Waals surface area contributed by atoms with E-state index in [0.717, 1.165) is 47.5 Å². The highest BCUT2D eigenvalue weighted by molar-refractivity contribution is 9.11. The summed E-state index contributed by atoms with van der Waals surface area (Å²) in [7, 11) is -2.54. The molecule has 0 amide bonds. The van der Waals surface area contributed by atoms with Crippen molar-refractivity contribution in [3.05, 3.63) is 37.9 Å². The van der Waals surface area contributed by atoms with Crippen LogP contribution in [0.1, 0.15) is 25.7 Å². The third-order valence-electron chi connectivity index (χ3n) is 3.55. The second-order valence-electron chi connectivity index (χ2n) is 5.01. The van der Waals surface area contributed by atoms with E-state index in [9.17, 15) is 13.5 Å². The predicted molar refractivity (Wildman–Crippen MR) is 93.8 cm³/mol. The summed E-state index contributed by atoms with van der Waals surface area (Å²) in [5.41, 5.74) is 1.21. The maximum absolute atomic E-state index is 12.5. The molecule has 1 aliphatic carbocycles. The predicted octanol–water partition coefficient (Wildman–Crippen LogP) is 3.39. The van der Waals surface area contributed by atoms with Crippen molar-refractivity contribution in [1.82, 2.24) is 0 Å². The van der Waals surface area contributed by atoms with Gasteiger partial charge in [0, 0.05) is 5.57 Å². The molecule has 0 radical (unpaired) electrons. The molecule has 23 heavy (non-hydrogen) atoms. The van der Waals surface area contributed by atoms with E-state index in [1.807, 2.05) is 0 Å². The monoisotopic (exact) mass is 434 g/mol. The average molecular weight is 435 g/mol. The van der Waals surface area contributed by atoms with Crippen LogP contribution in [0, 0.1) is 0 Å². The fourth-order valence-electron chi connectivity index (χ4n) is 2.52. The van der Waals surface area contributed by atoms with Gasteiger partial charge >= 0.3 is 0 Å². The van der Waals surface area contributed by atoms with E-state index in [1.165, 1.54) is 24.9 Å². The van der Waals surface area contributed by atoms with Gasteiger partial charge in [0.2, 0.25) is 0 Å². The van der Waals surface area contributed by atoms with Crippen molar-refractivity contribution in [2.24, 2.45) is 4.40 Å². The summed E-state index contributed by atoms with van der Waals surface area (Å²) in [6, 6.07) is 3.16. The summed E-state index contributed by atoms with van der Waals surface area (Å²) in [5.74, 6) is -0.522. The molecule has 1 aromatic heterocycles. The topological polar surface area (TPSA) is 78.8 Å². The zero-order valence-electron chi connectivity index (χ0n) is 12.2. The molecule has 0 saturated carbocycles. The fraction of sp³-hybridized carbons (Fsp3) is 0.357. The van der Waals surface area contributed by atoms with Gasteiger partial charge in [-0.3, -0.25) is 0 Å². The van der Waals surface area contributed by atoms with Crippen LogP contribution in [0.15, 0.2) is 46.5 Å². The number of hydrogen-bond donors (Lipinski definition) is 0. The van der Waals surface area contributed by atoms with E-state index >= 15 is 0 Å². The number of methoxy groups -OCH3 is 1. The summed E-state index contributed by atoms with van der Waals surface area (Å²) in [6.07, 6.45) is 3.64. The number of halogens is 1. The Morgan fingerprint density at radius 1 is 1.35 bits per heavy atom. The molecule has 1 aromatic rings. The standard InChI is InChI=1S/C14H14BrNO4S3/c1-20-14(17)12-8-4-2-3-5-9(8)21-13(12)16-23(18,19)11-7-6-10(15)22-11/h6-7,17H,2-5H2,1H3/p-1. The molecule has 0 saturated heterocycles. The van der Waals surface area contributed by atoms with Gasteiger partial charge in [0.15, 0.2) is 0 Å². The summed E-state index contributed by atoms with van der Waals surface area (Å²) >= 11 is 5.62. The number of nitrogens with zero attached hydrogens (tertiary/aromatic N) is 1. The number of thiophene rings is 1. The smallest absolute Gasteiger partial charge is 0.292 e. The van der Waals surface area contributed by atoms with Gasteiger partial charge < -0.3 is 9.84 Å². The Morgan fingerprint density at radius 3 is 2.74 bits per heavy atom. The molecular formula is C14H13BrNO4S3-. The van der Waals surface area contributed by atoms with Crippen LogP contribution in [-0.2, 0) is 14.8 Å². The molecule has 0 spiro atoms. The molecule has 124 valence electrons. The van der Waals surface area contributed by atoms with Gasteiger partial charge in [0.05, 0.1) is 9.73 Å². The highest BCUT2D eigenvalue weighted by Gasteiger charge is 2.31.